The first-order valence-electron chi connectivity index (χ1n) is 12.1. The normalized spacial score (nSPS) is 10.3. The molecule has 0 saturated carbocycles. The molecule has 0 unspecified atom stereocenters. The van der Waals surface area contributed by atoms with Crippen LogP contribution in [-0.4, -0.2) is 63.6 Å². The topological polar surface area (TPSA) is 148 Å². The van der Waals surface area contributed by atoms with Crippen molar-refractivity contribution in [2.75, 3.05) is 39.8 Å². The van der Waals surface area contributed by atoms with Crippen LogP contribution < -0.4 is 20.1 Å². The molecule has 2 N–H and O–H groups in total. The zero-order chi connectivity index (χ0) is 27.6. The molecule has 0 fully saturated rings. The number of hydrogen-bond donors (Lipinski definition) is 2. The molecule has 0 aliphatic carbocycles. The van der Waals surface area contributed by atoms with Crippen molar-refractivity contribution in [3.8, 4) is 11.5 Å². The van der Waals surface area contributed by atoms with Crippen molar-refractivity contribution in [3.63, 3.8) is 0 Å². The molecule has 2 rings (SSSR count). The van der Waals surface area contributed by atoms with Gasteiger partial charge in [-0.15, -0.1) is 0 Å². The van der Waals surface area contributed by atoms with E-state index in [4.69, 9.17) is 28.7 Å². The summed E-state index contributed by atoms with van der Waals surface area (Å²) in [6.45, 7) is 4.75. The molecule has 38 heavy (non-hydrogen) atoms. The van der Waals surface area contributed by atoms with E-state index in [9.17, 15) is 19.2 Å². The van der Waals surface area contributed by atoms with Crippen molar-refractivity contribution < 1.29 is 47.9 Å². The molecule has 0 aliphatic heterocycles. The lowest BCUT2D eigenvalue weighted by Gasteiger charge is -2.12. The number of para-hydroxylation sites is 2. The van der Waals surface area contributed by atoms with Crippen LogP contribution in [-0.2, 0) is 28.8 Å². The molecule has 2 aromatic rings. The zero-order valence-corrected chi connectivity index (χ0v) is 21.4. The van der Waals surface area contributed by atoms with E-state index in [0.717, 1.165) is 0 Å². The molecule has 0 atom stereocenters. The minimum atomic E-state index is -0.945. The Morgan fingerprint density at radius 1 is 0.632 bits per heavy atom. The first kappa shape index (κ1) is 30.1. The molecule has 12 heteroatoms. The highest BCUT2D eigenvalue weighted by Gasteiger charge is 2.20. The highest BCUT2D eigenvalue weighted by atomic mass is 17.2. The van der Waals surface area contributed by atoms with Gasteiger partial charge >= 0.3 is 23.9 Å². The quantitative estimate of drug-likeness (QED) is 0.107. The van der Waals surface area contributed by atoms with Crippen molar-refractivity contribution in [2.45, 2.75) is 26.7 Å². The molecular formula is C26H32N2O10. The van der Waals surface area contributed by atoms with Gasteiger partial charge in [0.15, 0.2) is 0 Å². The summed E-state index contributed by atoms with van der Waals surface area (Å²) >= 11 is 0. The highest BCUT2D eigenvalue weighted by molar-refractivity contribution is 5.95. The van der Waals surface area contributed by atoms with Crippen molar-refractivity contribution in [3.05, 3.63) is 59.7 Å². The van der Waals surface area contributed by atoms with E-state index >= 15 is 0 Å². The summed E-state index contributed by atoms with van der Waals surface area (Å²) in [6, 6.07) is 12.5. The van der Waals surface area contributed by atoms with Crippen LogP contribution in [0.3, 0.4) is 0 Å². The van der Waals surface area contributed by atoms with Crippen LogP contribution in [0.1, 0.15) is 47.4 Å². The van der Waals surface area contributed by atoms with Gasteiger partial charge in [0, 0.05) is 13.1 Å². The molecular weight excluding hydrogens is 500 g/mol. The van der Waals surface area contributed by atoms with Crippen molar-refractivity contribution in [1.29, 1.82) is 0 Å². The lowest BCUT2D eigenvalue weighted by atomic mass is 10.2. The SMILES string of the molecule is CCOC(=O)CCNCOc1ccccc1C(=O)OOC(=O)c1ccccc1OCNCCC(=O)OCC. The second-order valence-electron chi connectivity index (χ2n) is 7.42. The number of hydrogen-bond acceptors (Lipinski definition) is 12. The highest BCUT2D eigenvalue weighted by Crippen LogP contribution is 2.21. The first-order valence-corrected chi connectivity index (χ1v) is 12.1. The summed E-state index contributed by atoms with van der Waals surface area (Å²) < 4.78 is 20.8. The van der Waals surface area contributed by atoms with E-state index in [2.05, 4.69) is 10.6 Å². The van der Waals surface area contributed by atoms with Crippen molar-refractivity contribution >= 4 is 23.9 Å². The molecule has 0 spiro atoms. The van der Waals surface area contributed by atoms with Gasteiger partial charge in [-0.25, -0.2) is 19.4 Å². The van der Waals surface area contributed by atoms with E-state index in [1.807, 2.05) is 0 Å². The molecule has 0 radical (unpaired) electrons. The molecule has 0 heterocycles. The van der Waals surface area contributed by atoms with Crippen LogP contribution in [0.4, 0.5) is 0 Å². The number of rotatable bonds is 16. The third-order valence-electron chi connectivity index (χ3n) is 4.69. The van der Waals surface area contributed by atoms with E-state index in [1.165, 1.54) is 12.1 Å². The van der Waals surface area contributed by atoms with E-state index in [1.54, 1.807) is 50.2 Å². The van der Waals surface area contributed by atoms with Gasteiger partial charge in [0.2, 0.25) is 0 Å². The Labute approximate surface area is 220 Å². The van der Waals surface area contributed by atoms with Gasteiger partial charge < -0.3 is 18.9 Å². The Hall–Kier alpha value is -4.16. The molecule has 0 bridgehead atoms. The molecule has 0 amide bonds. The lowest BCUT2D eigenvalue weighted by Crippen LogP contribution is -2.25. The number of carbonyl (C=O) groups is 4. The van der Waals surface area contributed by atoms with Crippen molar-refractivity contribution in [2.24, 2.45) is 0 Å². The van der Waals surface area contributed by atoms with E-state index in [-0.39, 0.29) is 60.9 Å². The summed E-state index contributed by atoms with van der Waals surface area (Å²) in [5, 5.41) is 5.80. The third kappa shape index (κ3) is 10.8. The Kier molecular flexibility index (Phi) is 13.7. The maximum absolute atomic E-state index is 12.5. The van der Waals surface area contributed by atoms with Crippen LogP contribution >= 0.6 is 0 Å². The van der Waals surface area contributed by atoms with Gasteiger partial charge in [0.05, 0.1) is 26.1 Å². The van der Waals surface area contributed by atoms with Gasteiger partial charge in [-0.2, -0.15) is 0 Å². The van der Waals surface area contributed by atoms with Gasteiger partial charge in [0.25, 0.3) is 0 Å². The Morgan fingerprint density at radius 3 is 1.42 bits per heavy atom. The molecule has 0 aromatic heterocycles. The average molecular weight is 533 g/mol. The summed E-state index contributed by atoms with van der Waals surface area (Å²) in [4.78, 5) is 57.3. The zero-order valence-electron chi connectivity index (χ0n) is 21.4. The van der Waals surface area contributed by atoms with Gasteiger partial charge in [0.1, 0.15) is 36.1 Å². The van der Waals surface area contributed by atoms with E-state index in [0.29, 0.717) is 26.3 Å². The van der Waals surface area contributed by atoms with Crippen LogP contribution in [0.15, 0.2) is 48.5 Å². The summed E-state index contributed by atoms with van der Waals surface area (Å²) in [6.07, 6.45) is 0.345. The Morgan fingerprint density at radius 2 is 1.03 bits per heavy atom. The maximum atomic E-state index is 12.5. The van der Waals surface area contributed by atoms with Crippen LogP contribution in [0.2, 0.25) is 0 Å². The minimum absolute atomic E-state index is 0.0159. The molecule has 2 aromatic carbocycles. The molecule has 206 valence electrons. The summed E-state index contributed by atoms with van der Waals surface area (Å²) in [5.41, 5.74) is 0.0608. The molecule has 0 aliphatic rings. The fourth-order valence-corrected chi connectivity index (χ4v) is 2.94. The van der Waals surface area contributed by atoms with E-state index < -0.39 is 11.9 Å². The van der Waals surface area contributed by atoms with Gasteiger partial charge in [-0.3, -0.25) is 20.2 Å². The maximum Gasteiger partial charge on any atom is 0.390 e. The molecule has 0 saturated heterocycles. The molecule has 12 nitrogen and oxygen atoms in total. The number of nitrogens with one attached hydrogen (secondary N) is 2. The van der Waals surface area contributed by atoms with Crippen LogP contribution in [0.25, 0.3) is 0 Å². The van der Waals surface area contributed by atoms with Gasteiger partial charge in [-0.05, 0) is 38.1 Å². The fourth-order valence-electron chi connectivity index (χ4n) is 2.94. The fraction of sp³-hybridized carbons (Fsp3) is 0.385. The monoisotopic (exact) mass is 532 g/mol. The predicted octanol–water partition coefficient (Wildman–Crippen LogP) is 2.37. The van der Waals surface area contributed by atoms with Crippen LogP contribution in [0.5, 0.6) is 11.5 Å². The third-order valence-corrected chi connectivity index (χ3v) is 4.69. The van der Waals surface area contributed by atoms with Crippen LogP contribution in [0, 0.1) is 0 Å². The largest absolute Gasteiger partial charge is 0.477 e. The Bertz CT molecular complexity index is 976. The second kappa shape index (κ2) is 17.3. The summed E-state index contributed by atoms with van der Waals surface area (Å²) in [7, 11) is 0. The smallest absolute Gasteiger partial charge is 0.390 e. The second-order valence-corrected chi connectivity index (χ2v) is 7.42. The number of benzene rings is 2. The van der Waals surface area contributed by atoms with Crippen molar-refractivity contribution in [1.82, 2.24) is 10.6 Å². The first-order chi connectivity index (χ1) is 18.5. The minimum Gasteiger partial charge on any atom is -0.477 e. The predicted molar refractivity (Wildman–Crippen MR) is 133 cm³/mol. The average Bonchev–Trinajstić information content (AvgIpc) is 2.92. The number of carbonyl (C=O) groups excluding carboxylic acids is 4. The number of esters is 2. The standard InChI is InChI=1S/C26H32N2O10/c1-3-33-23(29)13-15-27-17-35-21-11-7-5-9-19(21)25(31)37-38-26(32)20-10-6-8-12-22(20)36-18-28-16-14-24(30)34-4-2/h5-12,27-28H,3-4,13-18H2,1-2H3. The number of ether oxygens (including phenoxy) is 4. The summed E-state index contributed by atoms with van der Waals surface area (Å²) in [5.74, 6) is -2.17. The lowest BCUT2D eigenvalue weighted by molar-refractivity contribution is -0.187. The van der Waals surface area contributed by atoms with Gasteiger partial charge in [-0.1, -0.05) is 24.3 Å². The Balaban J connectivity index is 1.83.